The maximum absolute atomic E-state index is 11.6. The molecule has 30 heavy (non-hydrogen) atoms. The molecular weight excluding hydrogens is 473 g/mol. The van der Waals surface area contributed by atoms with Gasteiger partial charge in [0.05, 0.1) is 0 Å². The van der Waals surface area contributed by atoms with Gasteiger partial charge in [-0.25, -0.2) is 0 Å². The summed E-state index contributed by atoms with van der Waals surface area (Å²) in [4.78, 5) is 15.9. The molecular formula is C23H31BrLiNO2S2. The van der Waals surface area contributed by atoms with Crippen LogP contribution in [0.15, 0.2) is 62.8 Å². The summed E-state index contributed by atoms with van der Waals surface area (Å²) in [5.74, 6) is -0.109. The van der Waals surface area contributed by atoms with E-state index in [4.69, 9.17) is 0 Å². The number of nitrogens with zero attached hydrogens (tertiary/aromatic N) is 1. The molecule has 0 radical (unpaired) electrons. The predicted octanol–water partition coefficient (Wildman–Crippen LogP) is 3.15. The Balaban J connectivity index is 0.000000423. The third-order valence-electron chi connectivity index (χ3n) is 4.52. The number of carbonyl (C=O) groups is 1. The molecule has 160 valence electrons. The van der Waals surface area contributed by atoms with E-state index in [0.717, 1.165) is 30.4 Å². The van der Waals surface area contributed by atoms with Gasteiger partial charge in [-0.3, -0.25) is 4.79 Å². The second-order valence-corrected chi connectivity index (χ2v) is 9.40. The molecule has 3 nitrogen and oxygen atoms in total. The number of hydrogen-bond donors (Lipinski definition) is 1. The molecule has 0 spiro atoms. The maximum Gasteiger partial charge on any atom is 1.00 e. The Kier molecular flexibility index (Phi) is 16.1. The van der Waals surface area contributed by atoms with Gasteiger partial charge in [0.25, 0.3) is 5.91 Å². The van der Waals surface area contributed by atoms with Crippen LogP contribution in [0, 0.1) is 6.07 Å². The summed E-state index contributed by atoms with van der Waals surface area (Å²) in [7, 11) is 0. The molecule has 0 aromatic heterocycles. The third kappa shape index (κ3) is 11.3. The second kappa shape index (κ2) is 16.3. The molecule has 0 saturated carbocycles. The molecule has 1 N–H and O–H groups in total. The van der Waals surface area contributed by atoms with E-state index in [2.05, 4.69) is 46.6 Å². The Hall–Kier alpha value is -0.353. The fourth-order valence-corrected chi connectivity index (χ4v) is 3.57. The van der Waals surface area contributed by atoms with E-state index in [1.54, 1.807) is 35.3 Å². The number of amides is 1. The zero-order chi connectivity index (χ0) is 21.7. The Morgan fingerprint density at radius 2 is 1.53 bits per heavy atom. The van der Waals surface area contributed by atoms with Crippen LogP contribution >= 0.6 is 39.5 Å². The van der Waals surface area contributed by atoms with Crippen LogP contribution in [0.25, 0.3) is 0 Å². The molecule has 1 aliphatic heterocycles. The first kappa shape index (κ1) is 29.6. The number of likely N-dealkylation sites (tertiary alicyclic amines) is 1. The summed E-state index contributed by atoms with van der Waals surface area (Å²) in [6.07, 6.45) is 6.78. The Bertz CT molecular complexity index is 709. The second-order valence-electron chi connectivity index (χ2n) is 6.72. The Morgan fingerprint density at radius 1 is 1.07 bits per heavy atom. The molecule has 2 aromatic carbocycles. The smallest absolute Gasteiger partial charge is 0.380 e. The van der Waals surface area contributed by atoms with Gasteiger partial charge >= 0.3 is 18.9 Å². The zero-order valence-electron chi connectivity index (χ0n) is 18.7. The minimum atomic E-state index is -1.15. The van der Waals surface area contributed by atoms with Crippen molar-refractivity contribution in [2.45, 2.75) is 48.5 Å². The number of benzene rings is 2. The molecule has 0 aliphatic carbocycles. The fourth-order valence-electron chi connectivity index (χ4n) is 2.49. The summed E-state index contributed by atoms with van der Waals surface area (Å²) in [6.45, 7) is 5.05. The van der Waals surface area contributed by atoms with Crippen molar-refractivity contribution < 1.29 is 28.8 Å². The Labute approximate surface area is 211 Å². The third-order valence-corrected chi connectivity index (χ3v) is 6.53. The van der Waals surface area contributed by atoms with Crippen molar-refractivity contribution in [3.8, 4) is 0 Å². The molecule has 2 aromatic rings. The summed E-state index contributed by atoms with van der Waals surface area (Å²) in [5.41, 5.74) is -1.15. The summed E-state index contributed by atoms with van der Waals surface area (Å²) in [5, 5.41) is 9.66. The first-order valence-electron chi connectivity index (χ1n) is 9.65. The van der Waals surface area contributed by atoms with Gasteiger partial charge in [0, 0.05) is 22.5 Å². The predicted molar refractivity (Wildman–Crippen MR) is 130 cm³/mol. The minimum Gasteiger partial charge on any atom is -0.380 e. The van der Waals surface area contributed by atoms with Crippen molar-refractivity contribution in [2.24, 2.45) is 0 Å². The van der Waals surface area contributed by atoms with Gasteiger partial charge in [-0.05, 0) is 63.0 Å². The Morgan fingerprint density at radius 3 is 1.93 bits per heavy atom. The van der Waals surface area contributed by atoms with Crippen LogP contribution in [-0.2, 0) is 4.79 Å². The van der Waals surface area contributed by atoms with Crippen LogP contribution in [0.4, 0.5) is 0 Å². The molecule has 7 heteroatoms. The van der Waals surface area contributed by atoms with Crippen LogP contribution in [0.2, 0.25) is 0 Å². The van der Waals surface area contributed by atoms with Crippen molar-refractivity contribution in [3.63, 3.8) is 0 Å². The van der Waals surface area contributed by atoms with Gasteiger partial charge in [0.1, 0.15) is 5.60 Å². The number of thioether (sulfide) groups is 2. The maximum atomic E-state index is 11.6. The minimum absolute atomic E-state index is 0. The van der Waals surface area contributed by atoms with E-state index in [1.807, 2.05) is 43.3 Å². The summed E-state index contributed by atoms with van der Waals surface area (Å²) < 4.78 is 1.14. The first-order valence-corrected chi connectivity index (χ1v) is 12.9. The van der Waals surface area contributed by atoms with Gasteiger partial charge in [-0.15, -0.1) is 16.7 Å². The van der Waals surface area contributed by atoms with E-state index < -0.39 is 5.60 Å². The van der Waals surface area contributed by atoms with E-state index >= 15 is 0 Å². The number of hydrogen-bond acceptors (Lipinski definition) is 4. The van der Waals surface area contributed by atoms with Gasteiger partial charge in [0.15, 0.2) is 0 Å². The van der Waals surface area contributed by atoms with Crippen LogP contribution < -0.4 is 18.9 Å². The first-order chi connectivity index (χ1) is 13.8. The number of aliphatic hydroxyl groups is 1. The van der Waals surface area contributed by atoms with Gasteiger partial charge < -0.3 is 10.0 Å². The van der Waals surface area contributed by atoms with Crippen LogP contribution in [0.5, 0.6) is 0 Å². The van der Waals surface area contributed by atoms with Gasteiger partial charge in [-0.2, -0.15) is 42.1 Å². The molecule has 1 fully saturated rings. The number of rotatable bonds is 4. The SMILES string of the molecule is CCC(C)(O)C(=O)N1CCCC1.CSc1cc[c-]cc1.CSc1ccc(Br)cc1.[Li+]. The zero-order valence-corrected chi connectivity index (χ0v) is 21.9. The monoisotopic (exact) mass is 503 g/mol. The molecule has 1 amide bonds. The van der Waals surface area contributed by atoms with Crippen molar-refractivity contribution in [2.75, 3.05) is 25.6 Å². The number of carbonyl (C=O) groups excluding carboxylic acids is 1. The standard InChI is InChI=1S/C9H17NO2.C7H7BrS.C7H7S.Li/c1-3-9(2,12)8(11)10-6-4-5-7-10;1-9-7-4-2-6(8)3-5-7;1-8-7-5-3-2-4-6-7;/h12H,3-7H2,1-2H3;2-5H,1H3;3-6H,1H3;/q;;-1;+1. The molecule has 1 atom stereocenters. The van der Waals surface area contributed by atoms with Crippen LogP contribution in [-0.4, -0.2) is 47.1 Å². The normalized spacial score (nSPS) is 14.3. The largest absolute Gasteiger partial charge is 1.00 e. The molecule has 0 bridgehead atoms. The molecule has 1 unspecified atom stereocenters. The molecule has 1 heterocycles. The van der Waals surface area contributed by atoms with E-state index in [1.165, 1.54) is 9.79 Å². The van der Waals surface area contributed by atoms with E-state index in [0.29, 0.717) is 6.42 Å². The van der Waals surface area contributed by atoms with Crippen molar-refractivity contribution in [1.29, 1.82) is 0 Å². The average molecular weight is 504 g/mol. The van der Waals surface area contributed by atoms with Gasteiger partial charge in [-0.1, -0.05) is 22.9 Å². The molecule has 1 aliphatic rings. The average Bonchev–Trinajstić information content (AvgIpc) is 3.30. The van der Waals surface area contributed by atoms with E-state index in [9.17, 15) is 9.90 Å². The van der Waals surface area contributed by atoms with Crippen molar-refractivity contribution in [3.05, 3.63) is 59.1 Å². The van der Waals surface area contributed by atoms with Crippen molar-refractivity contribution >= 4 is 45.4 Å². The molecule has 1 saturated heterocycles. The fraction of sp³-hybridized carbons (Fsp3) is 0.435. The van der Waals surface area contributed by atoms with Crippen LogP contribution in [0.1, 0.15) is 33.1 Å². The quantitative estimate of drug-likeness (QED) is 0.395. The topological polar surface area (TPSA) is 40.5 Å². The van der Waals surface area contributed by atoms with Crippen LogP contribution in [0.3, 0.4) is 0 Å². The summed E-state index contributed by atoms with van der Waals surface area (Å²) in [6, 6.07) is 19.2. The van der Waals surface area contributed by atoms with E-state index in [-0.39, 0.29) is 24.8 Å². The molecule has 3 rings (SSSR count). The van der Waals surface area contributed by atoms with Crippen molar-refractivity contribution in [1.82, 2.24) is 4.90 Å². The van der Waals surface area contributed by atoms with Gasteiger partial charge in [0.2, 0.25) is 0 Å². The number of halogens is 1. The summed E-state index contributed by atoms with van der Waals surface area (Å²) >= 11 is 6.87.